The number of rotatable bonds is 12. The Kier molecular flexibility index (Phi) is 11.6. The molecule has 1 aliphatic heterocycles. The number of halogens is 8. The molecule has 264 valence electrons. The summed E-state index contributed by atoms with van der Waals surface area (Å²) in [6.07, 6.45) is -10.6. The molecule has 0 bridgehead atoms. The Labute approximate surface area is 299 Å². The molecular formula is C35H29Br2F6N3O4. The lowest BCUT2D eigenvalue weighted by Gasteiger charge is -2.31. The standard InChI is InChI=1S/C35H29Br2F6N3O4/c36-27-8-2-21(3-9-27)19-33(32(48)46-44-20-22-16-25(34(38,39)40)18-26(17-22)35(41,42)43)30(23-4-10-28(37)11-5-23)50-31(45-33)24-6-12-29(13-7-24)49-15-1-14-47/h2-13,16-18,30,44,47H,1,14-15,19-20H2,(H,46,48)/t30-,33-/m0/s1. The lowest BCUT2D eigenvalue weighted by atomic mass is 9.82. The van der Waals surface area contributed by atoms with Crippen LogP contribution >= 0.6 is 31.9 Å². The third-order valence-corrected chi connectivity index (χ3v) is 8.79. The minimum absolute atomic E-state index is 0.00214. The monoisotopic (exact) mass is 827 g/mol. The van der Waals surface area contributed by atoms with Crippen LogP contribution in [0.15, 0.2) is 105 Å². The lowest BCUT2D eigenvalue weighted by molar-refractivity contribution is -0.143. The number of alkyl halides is 6. The molecule has 3 N–H and O–H groups in total. The van der Waals surface area contributed by atoms with E-state index in [2.05, 4.69) is 42.7 Å². The summed E-state index contributed by atoms with van der Waals surface area (Å²) in [6, 6.07) is 22.2. The number of nitrogens with zero attached hydrogens (tertiary/aromatic N) is 1. The summed E-state index contributed by atoms with van der Waals surface area (Å²) >= 11 is 6.81. The maximum absolute atomic E-state index is 14.3. The third-order valence-electron chi connectivity index (χ3n) is 7.73. The molecule has 1 heterocycles. The molecule has 0 saturated heterocycles. The molecule has 4 aromatic rings. The van der Waals surface area contributed by atoms with Gasteiger partial charge >= 0.3 is 12.4 Å². The average molecular weight is 829 g/mol. The van der Waals surface area contributed by atoms with Gasteiger partial charge in [0.15, 0.2) is 11.6 Å². The molecule has 1 amide bonds. The number of benzene rings is 4. The number of amides is 1. The smallest absolute Gasteiger partial charge is 0.416 e. The molecule has 15 heteroatoms. The van der Waals surface area contributed by atoms with Gasteiger partial charge in [-0.2, -0.15) is 26.3 Å². The minimum atomic E-state index is -5.03. The summed E-state index contributed by atoms with van der Waals surface area (Å²) in [5.74, 6) is -0.0771. The van der Waals surface area contributed by atoms with Crippen molar-refractivity contribution in [3.8, 4) is 5.75 Å². The number of nitrogens with one attached hydrogen (secondary N) is 2. The number of aliphatic hydroxyl groups excluding tert-OH is 1. The Balaban J connectivity index is 1.51. The molecule has 4 aromatic carbocycles. The molecule has 0 aliphatic carbocycles. The van der Waals surface area contributed by atoms with E-state index in [4.69, 9.17) is 19.6 Å². The van der Waals surface area contributed by atoms with E-state index >= 15 is 0 Å². The fourth-order valence-electron chi connectivity index (χ4n) is 5.29. The second kappa shape index (κ2) is 15.5. The van der Waals surface area contributed by atoms with E-state index in [1.54, 1.807) is 72.8 Å². The van der Waals surface area contributed by atoms with Crippen molar-refractivity contribution in [3.05, 3.63) is 133 Å². The summed E-state index contributed by atoms with van der Waals surface area (Å²) in [6.45, 7) is -0.280. The van der Waals surface area contributed by atoms with Crippen molar-refractivity contribution in [2.75, 3.05) is 13.2 Å². The van der Waals surface area contributed by atoms with Crippen molar-refractivity contribution in [3.63, 3.8) is 0 Å². The molecule has 50 heavy (non-hydrogen) atoms. The highest BCUT2D eigenvalue weighted by molar-refractivity contribution is 9.10. The van der Waals surface area contributed by atoms with Gasteiger partial charge in [0.05, 0.1) is 17.7 Å². The van der Waals surface area contributed by atoms with Gasteiger partial charge in [-0.1, -0.05) is 56.1 Å². The van der Waals surface area contributed by atoms with Crippen molar-refractivity contribution in [2.45, 2.75) is 43.4 Å². The zero-order valence-corrected chi connectivity index (χ0v) is 29.1. The van der Waals surface area contributed by atoms with E-state index in [1.165, 1.54) is 0 Å². The largest absolute Gasteiger partial charge is 0.494 e. The Morgan fingerprint density at radius 1 is 0.840 bits per heavy atom. The number of aliphatic hydroxyl groups is 1. The molecule has 5 rings (SSSR count). The first-order valence-corrected chi connectivity index (χ1v) is 16.7. The maximum atomic E-state index is 14.3. The highest BCUT2D eigenvalue weighted by Crippen LogP contribution is 2.43. The normalized spacial score (nSPS) is 17.6. The molecule has 1 aliphatic rings. The predicted octanol–water partition coefficient (Wildman–Crippen LogP) is 8.33. The fraction of sp³-hybridized carbons (Fsp3) is 0.257. The van der Waals surface area contributed by atoms with Gasteiger partial charge in [-0.3, -0.25) is 10.2 Å². The number of carbonyl (C=O) groups excluding carboxylic acids is 1. The molecule has 0 radical (unpaired) electrons. The summed E-state index contributed by atoms with van der Waals surface area (Å²) in [7, 11) is 0. The molecule has 0 spiro atoms. The molecule has 7 nitrogen and oxygen atoms in total. The second-order valence-corrected chi connectivity index (χ2v) is 13.2. The molecule has 0 saturated carbocycles. The van der Waals surface area contributed by atoms with Crippen molar-refractivity contribution in [1.29, 1.82) is 0 Å². The zero-order valence-electron chi connectivity index (χ0n) is 25.9. The van der Waals surface area contributed by atoms with Crippen molar-refractivity contribution in [1.82, 2.24) is 10.9 Å². The second-order valence-electron chi connectivity index (χ2n) is 11.4. The van der Waals surface area contributed by atoms with E-state index in [0.29, 0.717) is 47.6 Å². The van der Waals surface area contributed by atoms with Crippen LogP contribution in [0.3, 0.4) is 0 Å². The van der Waals surface area contributed by atoms with E-state index in [1.807, 2.05) is 0 Å². The van der Waals surface area contributed by atoms with Crippen LogP contribution in [-0.4, -0.2) is 35.7 Å². The number of ether oxygens (including phenoxy) is 2. The van der Waals surface area contributed by atoms with Crippen LogP contribution in [0.2, 0.25) is 0 Å². The highest BCUT2D eigenvalue weighted by atomic mass is 79.9. The zero-order chi connectivity index (χ0) is 36.1. The number of aliphatic imine (C=N–C) groups is 1. The fourth-order valence-corrected chi connectivity index (χ4v) is 5.82. The van der Waals surface area contributed by atoms with Gasteiger partial charge < -0.3 is 14.6 Å². The molecule has 2 atom stereocenters. The molecule has 0 fully saturated rings. The van der Waals surface area contributed by atoms with Crippen LogP contribution in [0.5, 0.6) is 5.75 Å². The van der Waals surface area contributed by atoms with Gasteiger partial charge in [-0.25, -0.2) is 10.4 Å². The van der Waals surface area contributed by atoms with Gasteiger partial charge in [-0.15, -0.1) is 0 Å². The van der Waals surface area contributed by atoms with Crippen LogP contribution < -0.4 is 15.6 Å². The van der Waals surface area contributed by atoms with Gasteiger partial charge in [0.25, 0.3) is 5.91 Å². The number of hydrogen-bond acceptors (Lipinski definition) is 6. The van der Waals surface area contributed by atoms with Crippen molar-refractivity contribution >= 4 is 43.7 Å². The first-order valence-electron chi connectivity index (χ1n) is 15.1. The highest BCUT2D eigenvalue weighted by Gasteiger charge is 2.53. The van der Waals surface area contributed by atoms with E-state index in [0.717, 1.165) is 8.95 Å². The van der Waals surface area contributed by atoms with Crippen LogP contribution in [0.1, 0.15) is 45.9 Å². The quantitative estimate of drug-likeness (QED) is 0.0760. The Hall–Kier alpha value is -3.92. The van der Waals surface area contributed by atoms with Crippen molar-refractivity contribution in [2.24, 2.45) is 4.99 Å². The summed E-state index contributed by atoms with van der Waals surface area (Å²) in [5, 5.41) is 9.04. The first kappa shape index (κ1) is 37.3. The first-order chi connectivity index (χ1) is 23.7. The Morgan fingerprint density at radius 3 is 1.98 bits per heavy atom. The van der Waals surface area contributed by atoms with Gasteiger partial charge in [-0.05, 0) is 83.4 Å². The molecule has 0 aromatic heterocycles. The van der Waals surface area contributed by atoms with E-state index in [-0.39, 0.29) is 30.6 Å². The van der Waals surface area contributed by atoms with Crippen LogP contribution in [0.25, 0.3) is 0 Å². The van der Waals surface area contributed by atoms with Gasteiger partial charge in [0.2, 0.25) is 5.90 Å². The van der Waals surface area contributed by atoms with Crippen LogP contribution in [0, 0.1) is 0 Å². The summed E-state index contributed by atoms with van der Waals surface area (Å²) in [5.41, 5.74) is 1.79. The Morgan fingerprint density at radius 2 is 1.42 bits per heavy atom. The third kappa shape index (κ3) is 9.05. The molecule has 0 unspecified atom stereocenters. The summed E-state index contributed by atoms with van der Waals surface area (Å²) < 4.78 is 94.4. The van der Waals surface area contributed by atoms with Crippen LogP contribution in [0.4, 0.5) is 26.3 Å². The number of carbonyl (C=O) groups is 1. The van der Waals surface area contributed by atoms with Gasteiger partial charge in [0, 0.05) is 40.5 Å². The number of hydrazine groups is 1. The van der Waals surface area contributed by atoms with Crippen molar-refractivity contribution < 1.29 is 45.7 Å². The Bertz CT molecular complexity index is 1790. The molecular weight excluding hydrogens is 800 g/mol. The van der Waals surface area contributed by atoms with E-state index in [9.17, 15) is 31.1 Å². The average Bonchev–Trinajstić information content (AvgIpc) is 3.46. The summed E-state index contributed by atoms with van der Waals surface area (Å²) in [4.78, 5) is 19.2. The maximum Gasteiger partial charge on any atom is 0.416 e. The number of hydrogen-bond donors (Lipinski definition) is 3. The predicted molar refractivity (Wildman–Crippen MR) is 180 cm³/mol. The van der Waals surface area contributed by atoms with E-state index < -0.39 is 47.6 Å². The van der Waals surface area contributed by atoms with Gasteiger partial charge in [0.1, 0.15) is 5.75 Å². The topological polar surface area (TPSA) is 92.2 Å². The van der Waals surface area contributed by atoms with Crippen LogP contribution in [-0.2, 0) is 34.8 Å². The lowest BCUT2D eigenvalue weighted by Crippen LogP contribution is -2.53. The SMILES string of the molecule is O=C(NNCc1cc(C(F)(F)F)cc(C(F)(F)F)c1)[C@@]1(Cc2ccc(Br)cc2)N=C(c2ccc(OCCCO)cc2)O[C@H]1c1ccc(Br)cc1. The minimum Gasteiger partial charge on any atom is -0.494 e.